The lowest BCUT2D eigenvalue weighted by Crippen LogP contribution is -2.35. The summed E-state index contributed by atoms with van der Waals surface area (Å²) in [6.07, 6.45) is 3.13. The Kier molecular flexibility index (Phi) is 6.03. The lowest BCUT2D eigenvalue weighted by atomic mass is 9.97. The number of aromatic nitrogens is 3. The number of nitrogens with zero attached hydrogens (tertiary/aromatic N) is 3. The second-order valence-corrected chi connectivity index (χ2v) is 8.73. The van der Waals surface area contributed by atoms with E-state index in [9.17, 15) is 4.79 Å². The molecule has 0 fully saturated rings. The van der Waals surface area contributed by atoms with Crippen LogP contribution in [-0.2, 0) is 13.2 Å². The predicted octanol–water partition coefficient (Wildman–Crippen LogP) is 5.34. The zero-order valence-electron chi connectivity index (χ0n) is 19.4. The van der Waals surface area contributed by atoms with Crippen LogP contribution in [0.3, 0.4) is 0 Å². The standard InChI is InChI=1S/C27H24F2N4O2/c1-16(2)18-5-3-17(4-6-18)15-35-20-13-21(28)23(22(29)14-20)24-25(19-7-9-30-10-8-19)32-33-12-11-31-27(34)26(24)33/h3-10,13-14,16H,11-12,15H2,1-2H3,(H,31,34). The largest absolute Gasteiger partial charge is 0.489 e. The van der Waals surface area contributed by atoms with E-state index in [1.165, 1.54) is 10.2 Å². The van der Waals surface area contributed by atoms with Crippen LogP contribution in [0.25, 0.3) is 22.4 Å². The van der Waals surface area contributed by atoms with Crippen molar-refractivity contribution in [1.29, 1.82) is 0 Å². The van der Waals surface area contributed by atoms with Crippen molar-refractivity contribution < 1.29 is 18.3 Å². The number of halogens is 2. The van der Waals surface area contributed by atoms with Crippen LogP contribution in [0.1, 0.15) is 41.4 Å². The molecule has 5 rings (SSSR count). The Labute approximate surface area is 201 Å². The molecule has 1 aliphatic rings. The van der Waals surface area contributed by atoms with E-state index >= 15 is 8.78 Å². The number of rotatable bonds is 6. The van der Waals surface area contributed by atoms with Gasteiger partial charge in [-0.3, -0.25) is 14.5 Å². The van der Waals surface area contributed by atoms with Crippen molar-refractivity contribution >= 4 is 5.91 Å². The Balaban J connectivity index is 1.51. The van der Waals surface area contributed by atoms with Crippen LogP contribution in [-0.4, -0.2) is 27.2 Å². The molecular weight excluding hydrogens is 450 g/mol. The van der Waals surface area contributed by atoms with Crippen molar-refractivity contribution in [3.8, 4) is 28.1 Å². The van der Waals surface area contributed by atoms with Gasteiger partial charge in [-0.25, -0.2) is 8.78 Å². The molecule has 0 unspecified atom stereocenters. The topological polar surface area (TPSA) is 69.0 Å². The van der Waals surface area contributed by atoms with Crippen molar-refractivity contribution in [2.75, 3.05) is 6.54 Å². The number of hydrogen-bond donors (Lipinski definition) is 1. The van der Waals surface area contributed by atoms with E-state index in [0.717, 1.165) is 17.7 Å². The molecule has 4 aromatic rings. The van der Waals surface area contributed by atoms with E-state index < -0.39 is 17.5 Å². The maximum atomic E-state index is 15.4. The molecule has 1 amide bonds. The van der Waals surface area contributed by atoms with Gasteiger partial charge in [-0.15, -0.1) is 0 Å². The van der Waals surface area contributed by atoms with Gasteiger partial charge in [0.05, 0.1) is 12.1 Å². The Morgan fingerprint density at radius 3 is 2.37 bits per heavy atom. The van der Waals surface area contributed by atoms with Gasteiger partial charge in [-0.05, 0) is 29.2 Å². The Morgan fingerprint density at radius 2 is 1.71 bits per heavy atom. The average Bonchev–Trinajstić information content (AvgIpc) is 3.24. The first-order valence-corrected chi connectivity index (χ1v) is 11.4. The van der Waals surface area contributed by atoms with Gasteiger partial charge in [0.15, 0.2) is 0 Å². The molecule has 178 valence electrons. The summed E-state index contributed by atoms with van der Waals surface area (Å²) < 4.78 is 38.0. The molecule has 6 nitrogen and oxygen atoms in total. The van der Waals surface area contributed by atoms with E-state index in [1.54, 1.807) is 24.5 Å². The van der Waals surface area contributed by atoms with E-state index in [4.69, 9.17) is 4.74 Å². The molecule has 0 saturated carbocycles. The molecule has 3 heterocycles. The number of carbonyl (C=O) groups is 1. The summed E-state index contributed by atoms with van der Waals surface area (Å²) in [5, 5.41) is 7.24. The maximum Gasteiger partial charge on any atom is 0.270 e. The highest BCUT2D eigenvalue weighted by Crippen LogP contribution is 2.39. The van der Waals surface area contributed by atoms with E-state index in [2.05, 4.69) is 29.2 Å². The van der Waals surface area contributed by atoms with Crippen LogP contribution in [0.2, 0.25) is 0 Å². The SMILES string of the molecule is CC(C)c1ccc(COc2cc(F)c(-c3c(-c4ccncc4)nn4c3C(=O)NCC4)c(F)c2)cc1. The number of carbonyl (C=O) groups excluding carboxylic acids is 1. The van der Waals surface area contributed by atoms with Crippen LogP contribution in [0.5, 0.6) is 5.75 Å². The summed E-state index contributed by atoms with van der Waals surface area (Å²) in [4.78, 5) is 16.7. The first-order valence-electron chi connectivity index (χ1n) is 11.4. The molecule has 8 heteroatoms. The Morgan fingerprint density at radius 1 is 1.03 bits per heavy atom. The molecule has 0 atom stereocenters. The zero-order chi connectivity index (χ0) is 24.5. The minimum absolute atomic E-state index is 0.0626. The van der Waals surface area contributed by atoms with E-state index in [-0.39, 0.29) is 29.2 Å². The predicted molar refractivity (Wildman–Crippen MR) is 128 cm³/mol. The van der Waals surface area contributed by atoms with Gasteiger partial charge in [0, 0.05) is 42.2 Å². The average molecular weight is 475 g/mol. The second-order valence-electron chi connectivity index (χ2n) is 8.73. The second kappa shape index (κ2) is 9.29. The zero-order valence-corrected chi connectivity index (χ0v) is 19.4. The van der Waals surface area contributed by atoms with Crippen molar-refractivity contribution in [2.24, 2.45) is 0 Å². The third kappa shape index (κ3) is 4.39. The molecule has 2 aromatic heterocycles. The van der Waals surface area contributed by atoms with Crippen molar-refractivity contribution in [3.63, 3.8) is 0 Å². The molecule has 2 aromatic carbocycles. The molecule has 0 radical (unpaired) electrons. The number of hydrogen-bond acceptors (Lipinski definition) is 4. The van der Waals surface area contributed by atoms with Crippen LogP contribution in [0.4, 0.5) is 8.78 Å². The molecule has 0 spiro atoms. The number of pyridine rings is 1. The lowest BCUT2D eigenvalue weighted by molar-refractivity contribution is 0.0925. The van der Waals surface area contributed by atoms with E-state index in [0.29, 0.717) is 30.3 Å². The minimum Gasteiger partial charge on any atom is -0.489 e. The molecule has 0 bridgehead atoms. The van der Waals surface area contributed by atoms with Crippen LogP contribution >= 0.6 is 0 Å². The van der Waals surface area contributed by atoms with Gasteiger partial charge >= 0.3 is 0 Å². The number of amides is 1. The third-order valence-electron chi connectivity index (χ3n) is 6.05. The summed E-state index contributed by atoms with van der Waals surface area (Å²) in [6, 6.07) is 13.6. The first-order chi connectivity index (χ1) is 16.9. The summed E-state index contributed by atoms with van der Waals surface area (Å²) >= 11 is 0. The Bertz CT molecular complexity index is 1360. The smallest absolute Gasteiger partial charge is 0.270 e. The van der Waals surface area contributed by atoms with Crippen molar-refractivity contribution in [3.05, 3.63) is 89.4 Å². The molecule has 0 saturated heterocycles. The summed E-state index contributed by atoms with van der Waals surface area (Å²) in [7, 11) is 0. The highest BCUT2D eigenvalue weighted by Gasteiger charge is 2.31. The highest BCUT2D eigenvalue weighted by molar-refractivity contribution is 6.03. The van der Waals surface area contributed by atoms with Gasteiger partial charge in [0.2, 0.25) is 0 Å². The molecule has 35 heavy (non-hydrogen) atoms. The number of nitrogens with one attached hydrogen (secondary N) is 1. The van der Waals surface area contributed by atoms with Gasteiger partial charge in [-0.2, -0.15) is 5.10 Å². The summed E-state index contributed by atoms with van der Waals surface area (Å²) in [5.41, 5.74) is 2.93. The van der Waals surface area contributed by atoms with Gasteiger partial charge in [0.1, 0.15) is 35.4 Å². The number of ether oxygens (including phenoxy) is 1. The third-order valence-corrected chi connectivity index (χ3v) is 6.05. The molecule has 1 N–H and O–H groups in total. The number of benzene rings is 2. The fraction of sp³-hybridized carbons (Fsp3) is 0.222. The van der Waals surface area contributed by atoms with Gasteiger partial charge in [-0.1, -0.05) is 38.1 Å². The number of fused-ring (bicyclic) bond motifs is 1. The summed E-state index contributed by atoms with van der Waals surface area (Å²) in [5.74, 6) is -1.62. The lowest BCUT2D eigenvalue weighted by Gasteiger charge is -2.16. The minimum atomic E-state index is -0.834. The van der Waals surface area contributed by atoms with Crippen LogP contribution in [0.15, 0.2) is 60.9 Å². The highest BCUT2D eigenvalue weighted by atomic mass is 19.1. The normalized spacial score (nSPS) is 13.0. The summed E-state index contributed by atoms with van der Waals surface area (Å²) in [6.45, 7) is 5.18. The molecule has 1 aliphatic heterocycles. The fourth-order valence-electron chi connectivity index (χ4n) is 4.20. The van der Waals surface area contributed by atoms with Gasteiger partial charge < -0.3 is 10.1 Å². The Hall–Kier alpha value is -4.07. The quantitative estimate of drug-likeness (QED) is 0.410. The van der Waals surface area contributed by atoms with Gasteiger partial charge in [0.25, 0.3) is 5.91 Å². The fourth-order valence-corrected chi connectivity index (χ4v) is 4.20. The molecule has 0 aliphatic carbocycles. The van der Waals surface area contributed by atoms with Crippen molar-refractivity contribution in [2.45, 2.75) is 32.9 Å². The monoisotopic (exact) mass is 474 g/mol. The van der Waals surface area contributed by atoms with Crippen molar-refractivity contribution in [1.82, 2.24) is 20.1 Å². The van der Waals surface area contributed by atoms with Crippen LogP contribution in [0, 0.1) is 11.6 Å². The molecular formula is C27H24F2N4O2. The first kappa shape index (κ1) is 22.7. The van der Waals surface area contributed by atoms with E-state index in [1.807, 2.05) is 24.3 Å². The van der Waals surface area contributed by atoms with Crippen LogP contribution < -0.4 is 10.1 Å². The maximum absolute atomic E-state index is 15.4.